The van der Waals surface area contributed by atoms with Gasteiger partial charge in [0.15, 0.2) is 0 Å². The van der Waals surface area contributed by atoms with Crippen molar-refractivity contribution in [3.63, 3.8) is 0 Å². The Bertz CT molecular complexity index is 920. The first-order chi connectivity index (χ1) is 14.6. The quantitative estimate of drug-likeness (QED) is 0.368. The van der Waals surface area contributed by atoms with Gasteiger partial charge >= 0.3 is 0 Å². The molecule has 0 bridgehead atoms. The first-order valence-electron chi connectivity index (χ1n) is 9.80. The maximum Gasteiger partial charge on any atom is 0.222 e. The summed E-state index contributed by atoms with van der Waals surface area (Å²) in [6, 6.07) is 8.76. The fourth-order valence-corrected chi connectivity index (χ4v) is 3.78. The molecular weight excluding hydrogens is 411 g/mol. The molecule has 6 N–H and O–H groups in total. The molecule has 8 nitrogen and oxygen atoms in total. The van der Waals surface area contributed by atoms with Gasteiger partial charge in [-0.25, -0.2) is 4.39 Å². The van der Waals surface area contributed by atoms with Gasteiger partial charge in [0.2, 0.25) is 5.79 Å². The monoisotopic (exact) mass is 438 g/mol. The molecule has 31 heavy (non-hydrogen) atoms. The maximum absolute atomic E-state index is 14.5. The molecule has 1 aliphatic rings. The van der Waals surface area contributed by atoms with Crippen molar-refractivity contribution in [2.24, 2.45) is 0 Å². The van der Waals surface area contributed by atoms with Crippen LogP contribution >= 0.6 is 0 Å². The summed E-state index contributed by atoms with van der Waals surface area (Å²) in [6.45, 7) is 0.915. The molecule has 0 saturated carbocycles. The number of aliphatic hydroxyl groups is 6. The summed E-state index contributed by atoms with van der Waals surface area (Å²) < 4.78 is 25.0. The second-order valence-electron chi connectivity index (χ2n) is 7.73. The van der Waals surface area contributed by atoms with Gasteiger partial charge in [-0.05, 0) is 35.7 Å². The third-order valence-corrected chi connectivity index (χ3v) is 5.59. The van der Waals surface area contributed by atoms with Crippen LogP contribution in [0, 0.1) is 5.82 Å². The van der Waals surface area contributed by atoms with E-state index in [1.807, 2.05) is 0 Å². The van der Waals surface area contributed by atoms with Crippen LogP contribution < -0.4 is 4.74 Å². The standard InChI is InChI=1S/C22H27FO8/c1-11(25)20-18(26)19(27)21(28)22(29,31-20)16-7-12(10-24)3-4-13(16)8-14-5-6-15(30-2)9-17(14)23/h3-7,9,11,18-21,24-29H,8,10H2,1-2H3/t11-,18-,19-,20+,21+,22+/m0/s1. The number of hydrogen-bond acceptors (Lipinski definition) is 8. The highest BCUT2D eigenvalue weighted by Crippen LogP contribution is 2.40. The van der Waals surface area contributed by atoms with E-state index in [4.69, 9.17) is 9.47 Å². The minimum atomic E-state index is -2.54. The van der Waals surface area contributed by atoms with Crippen molar-refractivity contribution in [1.82, 2.24) is 0 Å². The fraction of sp³-hybridized carbons (Fsp3) is 0.455. The van der Waals surface area contributed by atoms with Crippen molar-refractivity contribution in [1.29, 1.82) is 0 Å². The molecular formula is C22H27FO8. The maximum atomic E-state index is 14.5. The third kappa shape index (κ3) is 4.44. The van der Waals surface area contributed by atoms with E-state index < -0.39 is 42.1 Å². The Morgan fingerprint density at radius 3 is 2.35 bits per heavy atom. The molecule has 3 rings (SSSR count). The Balaban J connectivity index is 2.09. The number of halogens is 1. The van der Waals surface area contributed by atoms with E-state index in [1.54, 1.807) is 12.1 Å². The summed E-state index contributed by atoms with van der Waals surface area (Å²) in [7, 11) is 1.41. The lowest BCUT2D eigenvalue weighted by molar-refractivity contribution is -0.364. The Kier molecular flexibility index (Phi) is 6.97. The lowest BCUT2D eigenvalue weighted by Crippen LogP contribution is -2.65. The molecule has 0 aliphatic carbocycles. The average molecular weight is 438 g/mol. The molecule has 0 unspecified atom stereocenters. The van der Waals surface area contributed by atoms with Crippen molar-refractivity contribution >= 4 is 0 Å². The molecule has 1 fully saturated rings. The summed E-state index contributed by atoms with van der Waals surface area (Å²) in [5.74, 6) is -2.76. The minimum absolute atomic E-state index is 0.0206. The largest absolute Gasteiger partial charge is 0.497 e. The average Bonchev–Trinajstić information content (AvgIpc) is 2.76. The van der Waals surface area contributed by atoms with Gasteiger partial charge in [0.1, 0.15) is 36.0 Å². The van der Waals surface area contributed by atoms with Gasteiger partial charge in [0, 0.05) is 18.1 Å². The number of aliphatic hydroxyl groups excluding tert-OH is 5. The lowest BCUT2D eigenvalue weighted by Gasteiger charge is -2.47. The molecule has 0 amide bonds. The molecule has 0 aromatic heterocycles. The van der Waals surface area contributed by atoms with Gasteiger partial charge in [0.25, 0.3) is 0 Å². The Morgan fingerprint density at radius 1 is 1.10 bits per heavy atom. The molecule has 170 valence electrons. The van der Waals surface area contributed by atoms with E-state index in [-0.39, 0.29) is 24.2 Å². The third-order valence-electron chi connectivity index (χ3n) is 5.59. The normalized spacial score (nSPS) is 29.6. The summed E-state index contributed by atoms with van der Waals surface area (Å²) >= 11 is 0. The van der Waals surface area contributed by atoms with E-state index in [9.17, 15) is 35.0 Å². The van der Waals surface area contributed by atoms with Crippen molar-refractivity contribution in [2.75, 3.05) is 7.11 Å². The van der Waals surface area contributed by atoms with Gasteiger partial charge in [-0.3, -0.25) is 0 Å². The van der Waals surface area contributed by atoms with Crippen LogP contribution in [-0.2, 0) is 23.6 Å². The Morgan fingerprint density at radius 2 is 1.77 bits per heavy atom. The topological polar surface area (TPSA) is 140 Å². The molecule has 2 aromatic carbocycles. The van der Waals surface area contributed by atoms with Crippen LogP contribution in [0.25, 0.3) is 0 Å². The molecule has 0 spiro atoms. The molecule has 1 saturated heterocycles. The highest BCUT2D eigenvalue weighted by molar-refractivity contribution is 5.41. The van der Waals surface area contributed by atoms with Crippen molar-refractivity contribution < 1.29 is 44.5 Å². The summed E-state index contributed by atoms with van der Waals surface area (Å²) in [5, 5.41) is 61.8. The van der Waals surface area contributed by atoms with Gasteiger partial charge in [-0.2, -0.15) is 0 Å². The fourth-order valence-electron chi connectivity index (χ4n) is 3.78. The van der Waals surface area contributed by atoms with E-state index in [0.717, 1.165) is 0 Å². The van der Waals surface area contributed by atoms with Gasteiger partial charge < -0.3 is 40.1 Å². The van der Waals surface area contributed by atoms with E-state index >= 15 is 0 Å². The van der Waals surface area contributed by atoms with Crippen LogP contribution in [0.1, 0.15) is 29.2 Å². The number of methoxy groups -OCH3 is 1. The molecule has 2 aromatic rings. The first kappa shape index (κ1) is 23.6. The predicted molar refractivity (Wildman–Crippen MR) is 107 cm³/mol. The zero-order valence-corrected chi connectivity index (χ0v) is 17.1. The SMILES string of the molecule is COc1ccc(Cc2ccc(CO)cc2[C@@]2(O)O[C@H]([C@H](C)O)[C@@H](O)[C@H](O)[C@H]2O)c(F)c1. The first-order valence-corrected chi connectivity index (χ1v) is 9.80. The van der Waals surface area contributed by atoms with Crippen LogP contribution in [0.5, 0.6) is 5.75 Å². The number of ether oxygens (including phenoxy) is 2. The van der Waals surface area contributed by atoms with Crippen LogP contribution in [0.3, 0.4) is 0 Å². The number of hydrogen-bond donors (Lipinski definition) is 6. The predicted octanol–water partition coefficient (Wildman–Crippen LogP) is -0.0752. The Hall–Kier alpha value is -2.11. The van der Waals surface area contributed by atoms with Crippen molar-refractivity contribution in [3.8, 4) is 5.75 Å². The van der Waals surface area contributed by atoms with Crippen molar-refractivity contribution in [2.45, 2.75) is 56.3 Å². The highest BCUT2D eigenvalue weighted by Gasteiger charge is 2.55. The summed E-state index contributed by atoms with van der Waals surface area (Å²) in [5.41, 5.74) is 0.946. The summed E-state index contributed by atoms with van der Waals surface area (Å²) in [6.07, 6.45) is -8.18. The van der Waals surface area contributed by atoms with Crippen LogP contribution in [0.4, 0.5) is 4.39 Å². The molecule has 0 radical (unpaired) electrons. The minimum Gasteiger partial charge on any atom is -0.497 e. The van der Waals surface area contributed by atoms with Crippen molar-refractivity contribution in [3.05, 3.63) is 64.5 Å². The van der Waals surface area contributed by atoms with Gasteiger partial charge in [-0.15, -0.1) is 0 Å². The van der Waals surface area contributed by atoms with Gasteiger partial charge in [0.05, 0.1) is 19.8 Å². The van der Waals surface area contributed by atoms with Crippen LogP contribution in [-0.4, -0.2) is 68.3 Å². The van der Waals surface area contributed by atoms with E-state index in [1.165, 1.54) is 38.3 Å². The molecule has 1 heterocycles. The second-order valence-corrected chi connectivity index (χ2v) is 7.73. The van der Waals surface area contributed by atoms with E-state index in [0.29, 0.717) is 16.9 Å². The summed E-state index contributed by atoms with van der Waals surface area (Å²) in [4.78, 5) is 0. The van der Waals surface area contributed by atoms with E-state index in [2.05, 4.69) is 0 Å². The zero-order valence-electron chi connectivity index (χ0n) is 17.1. The molecule has 1 aliphatic heterocycles. The highest BCUT2D eigenvalue weighted by atomic mass is 19.1. The lowest BCUT2D eigenvalue weighted by atomic mass is 9.83. The zero-order chi connectivity index (χ0) is 22.9. The van der Waals surface area contributed by atoms with Crippen LogP contribution in [0.15, 0.2) is 36.4 Å². The molecule has 6 atom stereocenters. The molecule has 9 heteroatoms. The number of rotatable bonds is 6. The number of benzene rings is 2. The Labute approximate surface area is 178 Å². The smallest absolute Gasteiger partial charge is 0.222 e. The van der Waals surface area contributed by atoms with Gasteiger partial charge in [-0.1, -0.05) is 18.2 Å². The van der Waals surface area contributed by atoms with Crippen LogP contribution in [0.2, 0.25) is 0 Å². The second kappa shape index (κ2) is 9.17.